The fourth-order valence-corrected chi connectivity index (χ4v) is 2.42. The van der Waals surface area contributed by atoms with Gasteiger partial charge in [0.15, 0.2) is 0 Å². The molecule has 6 nitrogen and oxygen atoms in total. The number of nitrogens with two attached hydrogens (primary N) is 1. The van der Waals surface area contributed by atoms with Gasteiger partial charge in [0.25, 0.3) is 0 Å². The molecule has 6 heteroatoms. The van der Waals surface area contributed by atoms with Crippen LogP contribution in [0.5, 0.6) is 5.75 Å². The Bertz CT molecular complexity index is 884. The molecule has 0 atom stereocenters. The second-order valence-electron chi connectivity index (χ2n) is 4.98. The van der Waals surface area contributed by atoms with Crippen molar-refractivity contribution in [2.45, 2.75) is 6.92 Å². The van der Waals surface area contributed by atoms with Crippen LogP contribution in [-0.4, -0.2) is 27.6 Å². The number of benzene rings is 1. The van der Waals surface area contributed by atoms with Gasteiger partial charge in [-0.3, -0.25) is 4.40 Å². The lowest BCUT2D eigenvalue weighted by molar-refractivity contribution is 0.0697. The van der Waals surface area contributed by atoms with Gasteiger partial charge in [-0.1, -0.05) is 0 Å². The van der Waals surface area contributed by atoms with Crippen LogP contribution in [-0.2, 0) is 0 Å². The number of fused-ring (bicyclic) bond motifs is 1. The Morgan fingerprint density at radius 1 is 1.32 bits per heavy atom. The number of methoxy groups -OCH3 is 1. The quantitative estimate of drug-likeness (QED) is 0.775. The second-order valence-corrected chi connectivity index (χ2v) is 4.98. The third-order valence-electron chi connectivity index (χ3n) is 3.60. The Morgan fingerprint density at radius 3 is 2.73 bits per heavy atom. The summed E-state index contributed by atoms with van der Waals surface area (Å²) in [6, 6.07) is 8.64. The highest BCUT2D eigenvalue weighted by Crippen LogP contribution is 2.31. The third kappa shape index (κ3) is 2.14. The van der Waals surface area contributed by atoms with E-state index in [0.717, 1.165) is 16.9 Å². The largest absolute Gasteiger partial charge is 0.497 e. The number of aromatic nitrogens is 2. The molecule has 22 heavy (non-hydrogen) atoms. The Kier molecular flexibility index (Phi) is 3.21. The number of ether oxygens (including phenoxy) is 1. The van der Waals surface area contributed by atoms with Crippen molar-refractivity contribution in [2.75, 3.05) is 12.8 Å². The van der Waals surface area contributed by atoms with E-state index >= 15 is 0 Å². The molecule has 2 aromatic heterocycles. The van der Waals surface area contributed by atoms with Gasteiger partial charge in [-0.15, -0.1) is 0 Å². The zero-order valence-corrected chi connectivity index (χ0v) is 12.2. The molecule has 3 N–H and O–H groups in total. The van der Waals surface area contributed by atoms with Gasteiger partial charge in [0.05, 0.1) is 12.7 Å². The summed E-state index contributed by atoms with van der Waals surface area (Å²) in [5, 5.41) is 9.06. The minimum atomic E-state index is -0.994. The molecule has 3 aromatic rings. The van der Waals surface area contributed by atoms with Crippen LogP contribution in [0.25, 0.3) is 16.9 Å². The van der Waals surface area contributed by atoms with E-state index in [1.807, 2.05) is 25.1 Å². The average molecular weight is 297 g/mol. The van der Waals surface area contributed by atoms with Crippen molar-refractivity contribution in [3.05, 3.63) is 47.7 Å². The molecule has 0 aliphatic carbocycles. The molecule has 0 radical (unpaired) electrons. The number of imidazole rings is 1. The van der Waals surface area contributed by atoms with Crippen molar-refractivity contribution < 1.29 is 14.6 Å². The third-order valence-corrected chi connectivity index (χ3v) is 3.60. The van der Waals surface area contributed by atoms with Crippen LogP contribution >= 0.6 is 0 Å². The summed E-state index contributed by atoms with van der Waals surface area (Å²) < 4.78 is 6.87. The minimum Gasteiger partial charge on any atom is -0.497 e. The van der Waals surface area contributed by atoms with E-state index in [9.17, 15) is 4.79 Å². The number of carboxylic acid groups (broad SMARTS) is 1. The summed E-state index contributed by atoms with van der Waals surface area (Å²) in [6.45, 7) is 1.95. The number of hydrogen-bond acceptors (Lipinski definition) is 4. The van der Waals surface area contributed by atoms with Gasteiger partial charge in [-0.2, -0.15) is 0 Å². The van der Waals surface area contributed by atoms with E-state index in [2.05, 4.69) is 4.98 Å². The first-order valence-corrected chi connectivity index (χ1v) is 6.67. The van der Waals surface area contributed by atoms with Gasteiger partial charge in [-0.05, 0) is 42.8 Å². The van der Waals surface area contributed by atoms with E-state index in [1.54, 1.807) is 17.7 Å². The zero-order valence-electron chi connectivity index (χ0n) is 12.2. The standard InChI is InChI=1S/C16H15N3O3/c1-9-7-11(22-2)3-4-12(9)14-15(17)19-6-5-10(16(20)21)8-13(19)18-14/h3-8H,17H2,1-2H3,(H,20,21). The fraction of sp³-hybridized carbons (Fsp3) is 0.125. The van der Waals surface area contributed by atoms with Crippen LogP contribution in [0.3, 0.4) is 0 Å². The Labute approximate surface area is 126 Å². The maximum Gasteiger partial charge on any atom is 0.335 e. The number of aryl methyl sites for hydroxylation is 1. The normalized spacial score (nSPS) is 10.8. The molecule has 1 aromatic carbocycles. The van der Waals surface area contributed by atoms with Gasteiger partial charge < -0.3 is 15.6 Å². The van der Waals surface area contributed by atoms with Gasteiger partial charge in [0.1, 0.15) is 22.9 Å². The SMILES string of the molecule is COc1ccc(-c2nc3cc(C(=O)O)ccn3c2N)c(C)c1. The van der Waals surface area contributed by atoms with Crippen molar-refractivity contribution in [2.24, 2.45) is 0 Å². The number of rotatable bonds is 3. The van der Waals surface area contributed by atoms with Crippen molar-refractivity contribution in [3.63, 3.8) is 0 Å². The number of carboxylic acids is 1. The van der Waals surface area contributed by atoms with E-state index in [1.165, 1.54) is 12.1 Å². The highest BCUT2D eigenvalue weighted by atomic mass is 16.5. The summed E-state index contributed by atoms with van der Waals surface area (Å²) in [4.78, 5) is 15.5. The molecule has 0 amide bonds. The maximum atomic E-state index is 11.0. The lowest BCUT2D eigenvalue weighted by Gasteiger charge is -2.06. The monoisotopic (exact) mass is 297 g/mol. The molecule has 0 saturated heterocycles. The number of hydrogen-bond donors (Lipinski definition) is 2. The second kappa shape index (κ2) is 5.07. The molecular weight excluding hydrogens is 282 g/mol. The summed E-state index contributed by atoms with van der Waals surface area (Å²) in [7, 11) is 1.61. The van der Waals surface area contributed by atoms with E-state index < -0.39 is 5.97 Å². The highest BCUT2D eigenvalue weighted by molar-refractivity contribution is 5.89. The maximum absolute atomic E-state index is 11.0. The van der Waals surface area contributed by atoms with E-state index in [-0.39, 0.29) is 5.56 Å². The van der Waals surface area contributed by atoms with E-state index in [0.29, 0.717) is 17.2 Å². The minimum absolute atomic E-state index is 0.176. The first-order chi connectivity index (χ1) is 10.5. The molecular formula is C16H15N3O3. The summed E-state index contributed by atoms with van der Waals surface area (Å²) in [6.07, 6.45) is 1.61. The lowest BCUT2D eigenvalue weighted by Crippen LogP contribution is -1.99. The van der Waals surface area contributed by atoms with Gasteiger partial charge >= 0.3 is 5.97 Å². The van der Waals surface area contributed by atoms with Crippen molar-refractivity contribution in [1.29, 1.82) is 0 Å². The first kappa shape index (κ1) is 13.9. The van der Waals surface area contributed by atoms with Crippen molar-refractivity contribution >= 4 is 17.4 Å². The van der Waals surface area contributed by atoms with Gasteiger partial charge in [0, 0.05) is 11.8 Å². The van der Waals surface area contributed by atoms with Crippen LogP contribution in [0.4, 0.5) is 5.82 Å². The topological polar surface area (TPSA) is 89.8 Å². The highest BCUT2D eigenvalue weighted by Gasteiger charge is 2.15. The Balaban J connectivity index is 2.19. The molecule has 0 unspecified atom stereocenters. The van der Waals surface area contributed by atoms with Crippen molar-refractivity contribution in [1.82, 2.24) is 9.38 Å². The molecule has 0 spiro atoms. The zero-order chi connectivity index (χ0) is 15.9. The van der Waals surface area contributed by atoms with E-state index in [4.69, 9.17) is 15.6 Å². The predicted octanol–water partition coefficient (Wildman–Crippen LogP) is 2.60. The Hall–Kier alpha value is -3.02. The van der Waals surface area contributed by atoms with Crippen LogP contribution in [0.2, 0.25) is 0 Å². The number of nitrogens with zero attached hydrogens (tertiary/aromatic N) is 2. The number of pyridine rings is 1. The van der Waals surface area contributed by atoms with Crippen LogP contribution in [0.1, 0.15) is 15.9 Å². The van der Waals surface area contributed by atoms with Gasteiger partial charge in [0.2, 0.25) is 0 Å². The molecule has 112 valence electrons. The Morgan fingerprint density at radius 2 is 2.09 bits per heavy atom. The molecule has 3 rings (SSSR count). The smallest absolute Gasteiger partial charge is 0.335 e. The lowest BCUT2D eigenvalue weighted by atomic mass is 10.1. The summed E-state index contributed by atoms with van der Waals surface area (Å²) in [5.41, 5.74) is 9.33. The predicted molar refractivity (Wildman–Crippen MR) is 83.3 cm³/mol. The number of nitrogen functional groups attached to an aromatic ring is 1. The average Bonchev–Trinajstić information content (AvgIpc) is 2.83. The number of aromatic carboxylic acids is 1. The summed E-state index contributed by atoms with van der Waals surface area (Å²) >= 11 is 0. The molecule has 0 saturated carbocycles. The van der Waals surface area contributed by atoms with Crippen LogP contribution in [0.15, 0.2) is 36.5 Å². The van der Waals surface area contributed by atoms with Crippen LogP contribution < -0.4 is 10.5 Å². The summed E-state index contributed by atoms with van der Waals surface area (Å²) in [5.74, 6) is 0.239. The number of anilines is 1. The molecule has 2 heterocycles. The molecule has 0 bridgehead atoms. The fourth-order valence-electron chi connectivity index (χ4n) is 2.42. The van der Waals surface area contributed by atoms with Crippen molar-refractivity contribution in [3.8, 4) is 17.0 Å². The van der Waals surface area contributed by atoms with Gasteiger partial charge in [-0.25, -0.2) is 9.78 Å². The van der Waals surface area contributed by atoms with Crippen LogP contribution in [0, 0.1) is 6.92 Å². The first-order valence-electron chi connectivity index (χ1n) is 6.67. The number of carbonyl (C=O) groups is 1. The molecule has 0 aliphatic rings. The molecule has 0 fully saturated rings. The molecule has 0 aliphatic heterocycles.